The normalized spacial score (nSPS) is 13.1. The maximum atomic E-state index is 5.96. The van der Waals surface area contributed by atoms with Gasteiger partial charge in [0.2, 0.25) is 0 Å². The number of ether oxygens (including phenoxy) is 1. The number of nitrogens with zero attached hydrogens (tertiary/aromatic N) is 2. The minimum Gasteiger partial charge on any atom is -0.378 e. The van der Waals surface area contributed by atoms with Gasteiger partial charge in [0.05, 0.1) is 18.3 Å². The van der Waals surface area contributed by atoms with Crippen molar-refractivity contribution < 1.29 is 4.74 Å². The van der Waals surface area contributed by atoms with Crippen LogP contribution < -0.4 is 5.73 Å². The highest BCUT2D eigenvalue weighted by Crippen LogP contribution is 2.17. The Bertz CT molecular complexity index is 339. The maximum Gasteiger partial charge on any atom is 0.145 e. The van der Waals surface area contributed by atoms with Crippen LogP contribution in [-0.4, -0.2) is 17.1 Å². The van der Waals surface area contributed by atoms with Crippen molar-refractivity contribution in [2.24, 2.45) is 5.73 Å². The first-order chi connectivity index (χ1) is 7.58. The van der Waals surface area contributed by atoms with Crippen molar-refractivity contribution in [1.82, 2.24) is 9.97 Å². The second-order valence-electron chi connectivity index (χ2n) is 4.24. The predicted octanol–water partition coefficient (Wildman–Crippen LogP) is 2.16. The van der Waals surface area contributed by atoms with Gasteiger partial charge >= 0.3 is 0 Å². The van der Waals surface area contributed by atoms with Crippen LogP contribution in [0.1, 0.15) is 56.4 Å². The van der Waals surface area contributed by atoms with Gasteiger partial charge in [-0.05, 0) is 18.4 Å². The van der Waals surface area contributed by atoms with Gasteiger partial charge < -0.3 is 10.5 Å². The third-order valence-electron chi connectivity index (χ3n) is 2.47. The average Bonchev–Trinajstić information content (AvgIpc) is 2.28. The fraction of sp³-hybridized carbons (Fsp3) is 0.667. The van der Waals surface area contributed by atoms with Gasteiger partial charge in [0, 0.05) is 12.8 Å². The largest absolute Gasteiger partial charge is 0.378 e. The Morgan fingerprint density at radius 1 is 1.38 bits per heavy atom. The van der Waals surface area contributed by atoms with E-state index in [4.69, 9.17) is 10.5 Å². The third-order valence-corrected chi connectivity index (χ3v) is 2.47. The lowest BCUT2D eigenvalue weighted by molar-refractivity contribution is 0.181. The molecule has 16 heavy (non-hydrogen) atoms. The van der Waals surface area contributed by atoms with Gasteiger partial charge in [-0.3, -0.25) is 0 Å². The van der Waals surface area contributed by atoms with Crippen LogP contribution in [0.2, 0.25) is 0 Å². The molecule has 0 fully saturated rings. The molecule has 0 aliphatic heterocycles. The molecule has 1 rings (SSSR count). The number of nitrogens with two attached hydrogens (primary N) is 1. The first-order valence-electron chi connectivity index (χ1n) is 5.70. The topological polar surface area (TPSA) is 61.0 Å². The van der Waals surface area contributed by atoms with Crippen molar-refractivity contribution in [2.45, 2.75) is 45.8 Å². The van der Waals surface area contributed by atoms with E-state index in [-0.39, 0.29) is 6.04 Å². The van der Waals surface area contributed by atoms with Crippen molar-refractivity contribution in [3.05, 3.63) is 23.3 Å². The average molecular weight is 223 g/mol. The molecule has 0 radical (unpaired) electrons. The molecule has 4 heteroatoms. The predicted molar refractivity (Wildman–Crippen MR) is 64.1 cm³/mol. The van der Waals surface area contributed by atoms with Gasteiger partial charge in [0.1, 0.15) is 5.82 Å². The molecule has 0 aliphatic carbocycles. The van der Waals surface area contributed by atoms with Gasteiger partial charge in [0.25, 0.3) is 0 Å². The van der Waals surface area contributed by atoms with Crippen molar-refractivity contribution in [3.8, 4) is 0 Å². The fourth-order valence-electron chi connectivity index (χ4n) is 1.41. The van der Waals surface area contributed by atoms with Crippen LogP contribution >= 0.6 is 0 Å². The van der Waals surface area contributed by atoms with Crippen molar-refractivity contribution >= 4 is 0 Å². The Kier molecular flexibility index (Phi) is 4.83. The van der Waals surface area contributed by atoms with Crippen LogP contribution in [0, 0.1) is 0 Å². The molecule has 2 N–H and O–H groups in total. The molecule has 0 aromatic carbocycles. The second-order valence-corrected chi connectivity index (χ2v) is 4.24. The van der Waals surface area contributed by atoms with Crippen LogP contribution in [-0.2, 0) is 11.3 Å². The SMILES string of the molecule is CCC(N)c1nc(COC)cc(C(C)C)n1. The molecule has 1 heterocycles. The van der Waals surface area contributed by atoms with E-state index in [0.29, 0.717) is 12.5 Å². The van der Waals surface area contributed by atoms with Gasteiger partial charge in [-0.15, -0.1) is 0 Å². The van der Waals surface area contributed by atoms with Crippen LogP contribution in [0.15, 0.2) is 6.07 Å². The summed E-state index contributed by atoms with van der Waals surface area (Å²) in [5, 5.41) is 0. The van der Waals surface area contributed by atoms with E-state index in [2.05, 4.69) is 23.8 Å². The van der Waals surface area contributed by atoms with Crippen LogP contribution in [0.4, 0.5) is 0 Å². The van der Waals surface area contributed by atoms with Gasteiger partial charge in [0.15, 0.2) is 0 Å². The summed E-state index contributed by atoms with van der Waals surface area (Å²) in [7, 11) is 1.66. The molecule has 0 saturated carbocycles. The van der Waals surface area contributed by atoms with Crippen LogP contribution in [0.3, 0.4) is 0 Å². The van der Waals surface area contributed by atoms with E-state index in [1.54, 1.807) is 7.11 Å². The molecule has 0 bridgehead atoms. The summed E-state index contributed by atoms with van der Waals surface area (Å²) in [6.07, 6.45) is 0.841. The molecule has 1 atom stereocenters. The van der Waals surface area contributed by atoms with Crippen molar-refractivity contribution in [1.29, 1.82) is 0 Å². The maximum absolute atomic E-state index is 5.96. The number of methoxy groups -OCH3 is 1. The van der Waals surface area contributed by atoms with Crippen molar-refractivity contribution in [2.75, 3.05) is 7.11 Å². The molecular weight excluding hydrogens is 202 g/mol. The van der Waals surface area contributed by atoms with E-state index < -0.39 is 0 Å². The first kappa shape index (κ1) is 13.1. The van der Waals surface area contributed by atoms with E-state index in [1.165, 1.54) is 0 Å². The number of rotatable bonds is 5. The summed E-state index contributed by atoms with van der Waals surface area (Å²) in [4.78, 5) is 8.91. The first-order valence-corrected chi connectivity index (χ1v) is 5.70. The van der Waals surface area contributed by atoms with E-state index >= 15 is 0 Å². The molecule has 1 unspecified atom stereocenters. The fourth-order valence-corrected chi connectivity index (χ4v) is 1.41. The second kappa shape index (κ2) is 5.92. The lowest BCUT2D eigenvalue weighted by atomic mass is 10.1. The monoisotopic (exact) mass is 223 g/mol. The summed E-state index contributed by atoms with van der Waals surface area (Å²) >= 11 is 0. The number of hydrogen-bond donors (Lipinski definition) is 1. The van der Waals surface area contributed by atoms with E-state index in [0.717, 1.165) is 23.6 Å². The summed E-state index contributed by atoms with van der Waals surface area (Å²) in [5.74, 6) is 1.10. The molecule has 90 valence electrons. The Balaban J connectivity index is 3.08. The Hall–Kier alpha value is -1.00. The van der Waals surface area contributed by atoms with Gasteiger partial charge in [-0.1, -0.05) is 20.8 Å². The molecule has 4 nitrogen and oxygen atoms in total. The standard InChI is InChI=1S/C12H21N3O/c1-5-10(13)12-14-9(7-16-4)6-11(15-12)8(2)3/h6,8,10H,5,7,13H2,1-4H3. The zero-order valence-corrected chi connectivity index (χ0v) is 10.5. The lowest BCUT2D eigenvalue weighted by Crippen LogP contribution is -2.16. The van der Waals surface area contributed by atoms with E-state index in [9.17, 15) is 0 Å². The minimum absolute atomic E-state index is 0.0886. The van der Waals surface area contributed by atoms with E-state index in [1.807, 2.05) is 13.0 Å². The van der Waals surface area contributed by atoms with Gasteiger partial charge in [-0.25, -0.2) is 9.97 Å². The summed E-state index contributed by atoms with van der Waals surface area (Å²) < 4.78 is 5.10. The van der Waals surface area contributed by atoms with Gasteiger partial charge in [-0.2, -0.15) is 0 Å². The Morgan fingerprint density at radius 2 is 2.06 bits per heavy atom. The number of hydrogen-bond acceptors (Lipinski definition) is 4. The third kappa shape index (κ3) is 3.25. The van der Waals surface area contributed by atoms with Crippen LogP contribution in [0.5, 0.6) is 0 Å². The Labute approximate surface area is 97.2 Å². The number of aromatic nitrogens is 2. The zero-order valence-electron chi connectivity index (χ0n) is 10.5. The molecule has 0 spiro atoms. The minimum atomic E-state index is -0.0886. The summed E-state index contributed by atoms with van der Waals surface area (Å²) in [6.45, 7) is 6.76. The highest BCUT2D eigenvalue weighted by atomic mass is 16.5. The quantitative estimate of drug-likeness (QED) is 0.831. The smallest absolute Gasteiger partial charge is 0.145 e. The highest BCUT2D eigenvalue weighted by molar-refractivity contribution is 5.15. The molecule has 0 saturated heterocycles. The molecule has 0 aliphatic rings. The molecule has 1 aromatic rings. The highest BCUT2D eigenvalue weighted by Gasteiger charge is 2.12. The summed E-state index contributed by atoms with van der Waals surface area (Å²) in [6, 6.07) is 1.90. The zero-order chi connectivity index (χ0) is 12.1. The molecule has 0 amide bonds. The van der Waals surface area contributed by atoms with Crippen molar-refractivity contribution in [3.63, 3.8) is 0 Å². The Morgan fingerprint density at radius 3 is 2.56 bits per heavy atom. The molecule has 1 aromatic heterocycles. The summed E-state index contributed by atoms with van der Waals surface area (Å²) in [5.41, 5.74) is 7.89. The molecular formula is C12H21N3O. The lowest BCUT2D eigenvalue weighted by Gasteiger charge is -2.13. The van der Waals surface area contributed by atoms with Crippen LogP contribution in [0.25, 0.3) is 0 Å².